The van der Waals surface area contributed by atoms with Crippen molar-refractivity contribution in [1.82, 2.24) is 0 Å². The summed E-state index contributed by atoms with van der Waals surface area (Å²) in [7, 11) is 0. The first-order valence-electron chi connectivity index (χ1n) is 5.25. The third-order valence-corrected chi connectivity index (χ3v) is 5.33. The Kier molecular flexibility index (Phi) is 5.16. The van der Waals surface area contributed by atoms with Crippen LogP contribution in [0.25, 0.3) is 5.57 Å². The van der Waals surface area contributed by atoms with E-state index in [2.05, 4.69) is 64.8 Å². The zero-order valence-electron chi connectivity index (χ0n) is 9.26. The Morgan fingerprint density at radius 1 is 0.812 bits per heavy atom. The maximum absolute atomic E-state index is 2.47. The van der Waals surface area contributed by atoms with E-state index in [0.29, 0.717) is 0 Å². The Bertz CT molecular complexity index is 421. The van der Waals surface area contributed by atoms with Gasteiger partial charge in [0.15, 0.2) is 0 Å². The van der Waals surface area contributed by atoms with Crippen LogP contribution in [0.1, 0.15) is 11.1 Å². The van der Waals surface area contributed by atoms with Crippen LogP contribution in [0.3, 0.4) is 0 Å². The van der Waals surface area contributed by atoms with Gasteiger partial charge < -0.3 is 0 Å². The molecule has 2 rings (SSSR count). The third kappa shape index (κ3) is 3.23. The van der Waals surface area contributed by atoms with Crippen molar-refractivity contribution < 1.29 is 0 Å². The van der Waals surface area contributed by atoms with Crippen LogP contribution in [0.15, 0.2) is 64.8 Å². The quantitative estimate of drug-likeness (QED) is 0.760. The Morgan fingerprint density at radius 3 is 1.62 bits per heavy atom. The average molecular weight is 330 g/mol. The maximum atomic E-state index is 2.47. The molecule has 0 aliphatic heterocycles. The van der Waals surface area contributed by atoms with Gasteiger partial charge in [0.05, 0.1) is 0 Å². The SMILES string of the molecule is [Na][Te]C=C(c1ccccc1)c1ccccc1. The van der Waals surface area contributed by atoms with Crippen LogP contribution in [0.2, 0.25) is 0 Å². The number of rotatable bonds is 3. The standard InChI is InChI=1S/C14H12Te.Na/c15-11-14(12-7-3-1-4-8-12)13-9-5-2-6-10-13;/h1-11,15H;/q;+1/p-1. The monoisotopic (exact) mass is 332 g/mol. The van der Waals surface area contributed by atoms with E-state index >= 15 is 0 Å². The minimum absolute atomic E-state index is 0.129. The Morgan fingerprint density at radius 2 is 1.25 bits per heavy atom. The zero-order chi connectivity index (χ0) is 11.2. The van der Waals surface area contributed by atoms with Crippen molar-refractivity contribution in [2.24, 2.45) is 0 Å². The molecule has 0 fully saturated rings. The molecule has 0 spiro atoms. The topological polar surface area (TPSA) is 0 Å². The van der Waals surface area contributed by atoms with Crippen molar-refractivity contribution in [3.05, 3.63) is 75.9 Å². The summed E-state index contributed by atoms with van der Waals surface area (Å²) >= 11 is 1.47. The number of benzene rings is 2. The summed E-state index contributed by atoms with van der Waals surface area (Å²) in [6, 6.07) is 21.4. The van der Waals surface area contributed by atoms with E-state index in [1.807, 2.05) is 0 Å². The molecule has 0 unspecified atom stereocenters. The summed E-state index contributed by atoms with van der Waals surface area (Å²) in [5.74, 6) is 0. The molecule has 0 aromatic heterocycles. The first-order chi connectivity index (χ1) is 7.92. The molecule has 0 saturated carbocycles. The fraction of sp³-hybridized carbons (Fsp3) is 0. The first-order valence-corrected chi connectivity index (χ1v) is 14.4. The van der Waals surface area contributed by atoms with Gasteiger partial charge >= 0.3 is 121 Å². The Balaban J connectivity index is 2.44. The van der Waals surface area contributed by atoms with Gasteiger partial charge in [0, 0.05) is 0 Å². The molecule has 0 nitrogen and oxygen atoms in total. The van der Waals surface area contributed by atoms with Gasteiger partial charge in [0.2, 0.25) is 0 Å². The van der Waals surface area contributed by atoms with E-state index in [0.717, 1.165) is 0 Å². The average Bonchev–Trinajstić information content (AvgIpc) is 2.38. The molecule has 0 N–H and O–H groups in total. The van der Waals surface area contributed by atoms with E-state index in [9.17, 15) is 0 Å². The molecule has 2 heteroatoms. The third-order valence-electron chi connectivity index (χ3n) is 2.41. The number of hydrogen-bond donors (Lipinski definition) is 0. The van der Waals surface area contributed by atoms with Crippen LogP contribution in [-0.2, 0) is 0 Å². The Hall–Kier alpha value is -0.0304. The van der Waals surface area contributed by atoms with Gasteiger partial charge in [0.25, 0.3) is 0 Å². The summed E-state index contributed by atoms with van der Waals surface area (Å²) < 4.78 is 2.47. The van der Waals surface area contributed by atoms with Gasteiger partial charge in [-0.2, -0.15) is 0 Å². The molecule has 74 valence electrons. The predicted molar refractivity (Wildman–Crippen MR) is 71.5 cm³/mol. The molecule has 0 heterocycles. The second-order valence-electron chi connectivity index (χ2n) is 3.50. The van der Waals surface area contributed by atoms with Crippen molar-refractivity contribution in [2.75, 3.05) is 0 Å². The van der Waals surface area contributed by atoms with Crippen LogP contribution >= 0.6 is 0 Å². The molecule has 0 saturated heterocycles. The van der Waals surface area contributed by atoms with Crippen LogP contribution in [-0.4, -0.2) is 39.1 Å². The van der Waals surface area contributed by atoms with Crippen LogP contribution in [0, 0.1) is 0 Å². The van der Waals surface area contributed by atoms with Crippen molar-refractivity contribution in [2.45, 2.75) is 0 Å². The van der Waals surface area contributed by atoms with Crippen molar-refractivity contribution in [3.8, 4) is 0 Å². The molecular weight excluding hydrogens is 319 g/mol. The molecule has 0 bridgehead atoms. The van der Waals surface area contributed by atoms with Crippen LogP contribution in [0.4, 0.5) is 0 Å². The van der Waals surface area contributed by atoms with Crippen LogP contribution in [0.5, 0.6) is 0 Å². The van der Waals surface area contributed by atoms with Gasteiger partial charge in [0.1, 0.15) is 0 Å². The molecule has 0 atom stereocenters. The van der Waals surface area contributed by atoms with Gasteiger partial charge in [-0.3, -0.25) is 0 Å². The summed E-state index contributed by atoms with van der Waals surface area (Å²) in [4.78, 5) is 0. The predicted octanol–water partition coefficient (Wildman–Crippen LogP) is 2.86. The second kappa shape index (κ2) is 6.64. The van der Waals surface area contributed by atoms with Gasteiger partial charge in [-0.05, 0) is 0 Å². The molecule has 0 radical (unpaired) electrons. The van der Waals surface area contributed by atoms with Gasteiger partial charge in [-0.25, -0.2) is 0 Å². The van der Waals surface area contributed by atoms with Crippen molar-refractivity contribution in [3.63, 3.8) is 0 Å². The summed E-state index contributed by atoms with van der Waals surface area (Å²) in [5, 5.41) is 0. The van der Waals surface area contributed by atoms with Gasteiger partial charge in [-0.15, -0.1) is 0 Å². The van der Waals surface area contributed by atoms with E-state index in [-0.39, 0.29) is 15.5 Å². The van der Waals surface area contributed by atoms with E-state index in [1.165, 1.54) is 40.2 Å². The van der Waals surface area contributed by atoms with Crippen LogP contribution < -0.4 is 0 Å². The van der Waals surface area contributed by atoms with Crippen molar-refractivity contribution in [1.29, 1.82) is 0 Å². The molecule has 2 aromatic rings. The normalized spacial score (nSPS) is 9.88. The van der Waals surface area contributed by atoms with E-state index < -0.39 is 0 Å². The summed E-state index contributed by atoms with van der Waals surface area (Å²) in [5.41, 5.74) is 4.10. The van der Waals surface area contributed by atoms with E-state index in [1.54, 1.807) is 0 Å². The summed E-state index contributed by atoms with van der Waals surface area (Å²) in [6.07, 6.45) is 0. The summed E-state index contributed by atoms with van der Waals surface area (Å²) in [6.45, 7) is 0. The zero-order valence-corrected chi connectivity index (χ0v) is 13.6. The van der Waals surface area contributed by atoms with Crippen molar-refractivity contribution >= 4 is 44.6 Å². The van der Waals surface area contributed by atoms with Gasteiger partial charge in [-0.1, -0.05) is 0 Å². The van der Waals surface area contributed by atoms with E-state index in [4.69, 9.17) is 0 Å². The second-order valence-corrected chi connectivity index (χ2v) is 8.68. The molecular formula is C14H11NaTe. The molecule has 2 aromatic carbocycles. The molecule has 0 aliphatic carbocycles. The Labute approximate surface area is 119 Å². The molecule has 16 heavy (non-hydrogen) atoms. The first kappa shape index (κ1) is 12.4. The fourth-order valence-electron chi connectivity index (χ4n) is 1.66. The number of hydrogen-bond acceptors (Lipinski definition) is 0. The minimum atomic E-state index is 0.129. The molecule has 0 amide bonds. The molecule has 0 aliphatic rings. The fourth-order valence-corrected chi connectivity index (χ4v) is 4.69.